The molecule has 3 heteroatoms. The molecule has 0 aliphatic carbocycles. The molecule has 0 aliphatic rings. The quantitative estimate of drug-likeness (QED) is 0.578. The average molecular weight is 133 g/mol. The van der Waals surface area contributed by atoms with Crippen LogP contribution in [0.15, 0.2) is 12.7 Å². The van der Waals surface area contributed by atoms with Crippen molar-refractivity contribution in [2.75, 3.05) is 12.0 Å². The molecule has 8 heavy (non-hydrogen) atoms. The molecule has 0 aliphatic heterocycles. The normalized spacial score (nSPS) is 17.1. The highest BCUT2D eigenvalue weighted by molar-refractivity contribution is 7.91. The van der Waals surface area contributed by atoms with Crippen molar-refractivity contribution in [1.29, 1.82) is 4.78 Å². The monoisotopic (exact) mass is 133 g/mol. The van der Waals surface area contributed by atoms with Crippen LogP contribution in [0.2, 0.25) is 0 Å². The van der Waals surface area contributed by atoms with Crippen molar-refractivity contribution >= 4 is 9.73 Å². The van der Waals surface area contributed by atoms with Gasteiger partial charge in [-0.15, -0.1) is 6.58 Å². The van der Waals surface area contributed by atoms with Crippen molar-refractivity contribution in [3.63, 3.8) is 0 Å². The van der Waals surface area contributed by atoms with Gasteiger partial charge < -0.3 is 0 Å². The minimum Gasteiger partial charge on any atom is -0.253 e. The Kier molecular flexibility index (Phi) is 2.76. The summed E-state index contributed by atoms with van der Waals surface area (Å²) < 4.78 is 17.5. The SMILES string of the molecule is C=CCCS(C)(=N)=O. The molecule has 0 aromatic carbocycles. The van der Waals surface area contributed by atoms with Gasteiger partial charge in [0.2, 0.25) is 0 Å². The predicted molar refractivity (Wildman–Crippen MR) is 36.5 cm³/mol. The van der Waals surface area contributed by atoms with E-state index in [1.165, 1.54) is 6.26 Å². The van der Waals surface area contributed by atoms with Gasteiger partial charge in [0.05, 0.1) is 0 Å². The summed E-state index contributed by atoms with van der Waals surface area (Å²) in [6, 6.07) is 0. The molecule has 0 aromatic rings. The van der Waals surface area contributed by atoms with Gasteiger partial charge in [-0.3, -0.25) is 8.99 Å². The predicted octanol–water partition coefficient (Wildman–Crippen LogP) is 1.24. The fourth-order valence-electron chi connectivity index (χ4n) is 0.308. The second-order valence-electron chi connectivity index (χ2n) is 1.79. The molecule has 0 radical (unpaired) electrons. The molecule has 1 N–H and O–H groups in total. The fraction of sp³-hybridized carbons (Fsp3) is 0.600. The fourth-order valence-corrected chi connectivity index (χ4v) is 0.925. The lowest BCUT2D eigenvalue weighted by Crippen LogP contribution is -1.98. The Balaban J connectivity index is 3.57. The second kappa shape index (κ2) is 2.87. The van der Waals surface area contributed by atoms with E-state index in [1.54, 1.807) is 6.08 Å². The van der Waals surface area contributed by atoms with Gasteiger partial charge in [0.25, 0.3) is 0 Å². The van der Waals surface area contributed by atoms with Crippen LogP contribution in [-0.4, -0.2) is 16.2 Å². The minimum absolute atomic E-state index is 0.441. The van der Waals surface area contributed by atoms with Crippen LogP contribution in [0.3, 0.4) is 0 Å². The smallest absolute Gasteiger partial charge is 0.0415 e. The third-order valence-electron chi connectivity index (χ3n) is 0.711. The zero-order chi connectivity index (χ0) is 6.62. The third-order valence-corrected chi connectivity index (χ3v) is 1.73. The van der Waals surface area contributed by atoms with Crippen molar-refractivity contribution < 1.29 is 4.21 Å². The summed E-state index contributed by atoms with van der Waals surface area (Å²) >= 11 is 0. The Morgan fingerprint density at radius 2 is 2.38 bits per heavy atom. The van der Waals surface area contributed by atoms with Crippen molar-refractivity contribution in [2.24, 2.45) is 0 Å². The largest absolute Gasteiger partial charge is 0.253 e. The van der Waals surface area contributed by atoms with E-state index in [2.05, 4.69) is 6.58 Å². The van der Waals surface area contributed by atoms with Gasteiger partial charge in [-0.2, -0.15) is 0 Å². The van der Waals surface area contributed by atoms with Crippen LogP contribution >= 0.6 is 0 Å². The highest BCUT2D eigenvalue weighted by Crippen LogP contribution is 1.88. The molecule has 0 bridgehead atoms. The van der Waals surface area contributed by atoms with Gasteiger partial charge in [-0.05, 0) is 6.42 Å². The first-order valence-electron chi connectivity index (χ1n) is 2.38. The maximum absolute atomic E-state index is 10.6. The Morgan fingerprint density at radius 3 is 2.50 bits per heavy atom. The van der Waals surface area contributed by atoms with Crippen LogP contribution < -0.4 is 0 Å². The Morgan fingerprint density at radius 1 is 1.88 bits per heavy atom. The van der Waals surface area contributed by atoms with Crippen LogP contribution in [0.5, 0.6) is 0 Å². The molecule has 48 valence electrons. The lowest BCUT2D eigenvalue weighted by Gasteiger charge is -1.92. The second-order valence-corrected chi connectivity index (χ2v) is 4.20. The molecule has 0 saturated heterocycles. The van der Waals surface area contributed by atoms with E-state index in [-0.39, 0.29) is 0 Å². The summed E-state index contributed by atoms with van der Waals surface area (Å²) in [7, 11) is -2.26. The van der Waals surface area contributed by atoms with Gasteiger partial charge in [-0.1, -0.05) is 6.08 Å². The summed E-state index contributed by atoms with van der Waals surface area (Å²) in [4.78, 5) is 0. The standard InChI is InChI=1S/C5H11NOS/c1-3-4-5-8(2,6)7/h3,6H,1,4-5H2,2H3. The zero-order valence-corrected chi connectivity index (χ0v) is 5.83. The molecule has 0 saturated carbocycles. The summed E-state index contributed by atoms with van der Waals surface area (Å²) in [6.45, 7) is 3.45. The van der Waals surface area contributed by atoms with Crippen molar-refractivity contribution in [2.45, 2.75) is 6.42 Å². The summed E-state index contributed by atoms with van der Waals surface area (Å²) in [5.41, 5.74) is 0. The van der Waals surface area contributed by atoms with Crippen molar-refractivity contribution in [1.82, 2.24) is 0 Å². The number of rotatable bonds is 3. The summed E-state index contributed by atoms with van der Waals surface area (Å²) in [6.07, 6.45) is 3.80. The highest BCUT2D eigenvalue weighted by atomic mass is 32.2. The van der Waals surface area contributed by atoms with E-state index < -0.39 is 9.73 Å². The van der Waals surface area contributed by atoms with Crippen LogP contribution in [-0.2, 0) is 9.73 Å². The summed E-state index contributed by atoms with van der Waals surface area (Å²) in [5.74, 6) is 0.441. The van der Waals surface area contributed by atoms with Gasteiger partial charge >= 0.3 is 0 Å². The van der Waals surface area contributed by atoms with E-state index in [0.717, 1.165) is 0 Å². The number of hydrogen-bond acceptors (Lipinski definition) is 2. The lowest BCUT2D eigenvalue weighted by molar-refractivity contribution is 0.678. The van der Waals surface area contributed by atoms with E-state index >= 15 is 0 Å². The molecule has 0 fully saturated rings. The van der Waals surface area contributed by atoms with E-state index in [1.807, 2.05) is 0 Å². The minimum atomic E-state index is -2.26. The van der Waals surface area contributed by atoms with E-state index in [0.29, 0.717) is 12.2 Å². The third kappa shape index (κ3) is 5.69. The molecule has 1 atom stereocenters. The van der Waals surface area contributed by atoms with Gasteiger partial charge in [0, 0.05) is 21.7 Å². The topological polar surface area (TPSA) is 40.9 Å². The molecule has 0 spiro atoms. The molecule has 1 unspecified atom stereocenters. The van der Waals surface area contributed by atoms with Gasteiger partial charge in [0.1, 0.15) is 0 Å². The molecule has 0 heterocycles. The number of hydrogen-bond donors (Lipinski definition) is 1. The Bertz CT molecular complexity index is 157. The van der Waals surface area contributed by atoms with Crippen LogP contribution in [0.4, 0.5) is 0 Å². The molecule has 0 rings (SSSR count). The first-order chi connectivity index (χ1) is 3.56. The molecule has 0 aromatic heterocycles. The van der Waals surface area contributed by atoms with Crippen molar-refractivity contribution in [3.8, 4) is 0 Å². The lowest BCUT2D eigenvalue weighted by atomic mass is 10.5. The van der Waals surface area contributed by atoms with Crippen molar-refractivity contribution in [3.05, 3.63) is 12.7 Å². The van der Waals surface area contributed by atoms with E-state index in [4.69, 9.17) is 4.78 Å². The first-order valence-corrected chi connectivity index (χ1v) is 4.52. The maximum atomic E-state index is 10.6. The Hall–Kier alpha value is -0.310. The Labute approximate surface area is 50.6 Å². The average Bonchev–Trinajstić information content (AvgIpc) is 1.59. The van der Waals surface area contributed by atoms with Crippen LogP contribution in [0.1, 0.15) is 6.42 Å². The first kappa shape index (κ1) is 7.69. The molecular weight excluding hydrogens is 122 g/mol. The number of nitrogens with one attached hydrogen (secondary N) is 1. The van der Waals surface area contributed by atoms with Gasteiger partial charge in [-0.25, -0.2) is 0 Å². The van der Waals surface area contributed by atoms with Crippen LogP contribution in [0, 0.1) is 4.78 Å². The summed E-state index contributed by atoms with van der Waals surface area (Å²) in [5, 5.41) is 0. The van der Waals surface area contributed by atoms with Gasteiger partial charge in [0.15, 0.2) is 0 Å². The van der Waals surface area contributed by atoms with E-state index in [9.17, 15) is 4.21 Å². The maximum Gasteiger partial charge on any atom is 0.0415 e. The van der Waals surface area contributed by atoms with Crippen LogP contribution in [0.25, 0.3) is 0 Å². The zero-order valence-electron chi connectivity index (χ0n) is 5.02. The molecular formula is C5H11NOS. The number of allylic oxidation sites excluding steroid dienone is 1. The highest BCUT2D eigenvalue weighted by Gasteiger charge is 1.91. The molecule has 0 amide bonds. The molecule has 2 nitrogen and oxygen atoms in total.